The quantitative estimate of drug-likeness (QED) is 0.482. The lowest BCUT2D eigenvalue weighted by atomic mass is 9.53. The molecule has 0 aliphatic heterocycles. The van der Waals surface area contributed by atoms with Crippen molar-refractivity contribution in [3.05, 3.63) is 47.6 Å². The van der Waals surface area contributed by atoms with Crippen LogP contribution in [0.25, 0.3) is 16.2 Å². The monoisotopic (exact) mass is 478 g/mol. The van der Waals surface area contributed by atoms with Crippen LogP contribution in [0.1, 0.15) is 44.2 Å². The van der Waals surface area contributed by atoms with Crippen molar-refractivity contribution in [1.82, 2.24) is 19.6 Å². The lowest BCUT2D eigenvalue weighted by molar-refractivity contribution is -0.0159. The lowest BCUT2D eigenvalue weighted by Gasteiger charge is -2.57. The van der Waals surface area contributed by atoms with Crippen molar-refractivity contribution < 1.29 is 9.53 Å². The van der Waals surface area contributed by atoms with Gasteiger partial charge in [0.15, 0.2) is 4.96 Å². The van der Waals surface area contributed by atoms with Gasteiger partial charge in [-0.15, -0.1) is 11.3 Å². The number of hydrogen-bond donors (Lipinski definition) is 1. The Morgan fingerprint density at radius 3 is 2.53 bits per heavy atom. The van der Waals surface area contributed by atoms with Crippen LogP contribution < -0.4 is 5.32 Å². The maximum atomic E-state index is 13.5. The van der Waals surface area contributed by atoms with Crippen LogP contribution in [0, 0.1) is 17.8 Å². The smallest absolute Gasteiger partial charge is 0.317 e. The van der Waals surface area contributed by atoms with Crippen molar-refractivity contribution in [1.29, 1.82) is 0 Å². The molecule has 4 fully saturated rings. The van der Waals surface area contributed by atoms with Crippen LogP contribution in [0.4, 0.5) is 4.79 Å². The van der Waals surface area contributed by atoms with Gasteiger partial charge < -0.3 is 15.0 Å². The second-order valence-electron chi connectivity index (χ2n) is 10.7. The van der Waals surface area contributed by atoms with Gasteiger partial charge in [-0.3, -0.25) is 4.40 Å². The molecule has 0 saturated heterocycles. The molecule has 0 unspecified atom stereocenters. The van der Waals surface area contributed by atoms with E-state index in [1.54, 1.807) is 18.4 Å². The molecule has 0 spiro atoms. The van der Waals surface area contributed by atoms with E-state index in [0.29, 0.717) is 19.7 Å². The zero-order chi connectivity index (χ0) is 23.1. The summed E-state index contributed by atoms with van der Waals surface area (Å²) in [7, 11) is 1.70. The normalized spacial score (nSPS) is 27.4. The Morgan fingerprint density at radius 1 is 1.15 bits per heavy atom. The summed E-state index contributed by atoms with van der Waals surface area (Å²) >= 11 is 1.66. The first kappa shape index (κ1) is 22.1. The highest BCUT2D eigenvalue weighted by Gasteiger charge is 2.51. The van der Waals surface area contributed by atoms with Crippen LogP contribution in [0.2, 0.25) is 0 Å². The first-order valence-corrected chi connectivity index (χ1v) is 13.6. The van der Waals surface area contributed by atoms with Gasteiger partial charge in [-0.25, -0.2) is 9.78 Å². The summed E-state index contributed by atoms with van der Waals surface area (Å²) in [6.07, 6.45) is 10.6. The van der Waals surface area contributed by atoms with Crippen LogP contribution >= 0.6 is 11.3 Å². The molecule has 4 bridgehead atoms. The van der Waals surface area contributed by atoms with Gasteiger partial charge in [0.05, 0.1) is 12.3 Å². The minimum Gasteiger partial charge on any atom is -0.383 e. The van der Waals surface area contributed by atoms with E-state index in [2.05, 4.69) is 33.4 Å². The molecule has 2 heterocycles. The number of methoxy groups -OCH3 is 1. The molecule has 0 atom stereocenters. The molecule has 6 nitrogen and oxygen atoms in total. The van der Waals surface area contributed by atoms with Gasteiger partial charge in [0.1, 0.15) is 0 Å². The highest BCUT2D eigenvalue weighted by atomic mass is 32.1. The third kappa shape index (κ3) is 4.24. The number of hydrogen-bond acceptors (Lipinski definition) is 4. The second-order valence-corrected chi connectivity index (χ2v) is 11.6. The number of ether oxygens (including phenoxy) is 1. The first-order chi connectivity index (χ1) is 16.6. The first-order valence-electron chi connectivity index (χ1n) is 12.7. The maximum Gasteiger partial charge on any atom is 0.317 e. The molecule has 4 saturated carbocycles. The number of nitrogens with one attached hydrogen (secondary N) is 1. The number of fused-ring (bicyclic) bond motifs is 1. The third-order valence-corrected chi connectivity index (χ3v) is 9.14. The highest BCUT2D eigenvalue weighted by Crippen LogP contribution is 2.55. The fourth-order valence-corrected chi connectivity index (χ4v) is 8.00. The number of amides is 2. The van der Waals surface area contributed by atoms with E-state index in [4.69, 9.17) is 9.72 Å². The maximum absolute atomic E-state index is 13.5. The van der Waals surface area contributed by atoms with E-state index < -0.39 is 0 Å². The van der Waals surface area contributed by atoms with E-state index in [0.717, 1.165) is 40.4 Å². The minimum absolute atomic E-state index is 0.0295. The summed E-state index contributed by atoms with van der Waals surface area (Å²) in [4.78, 5) is 21.2. The number of benzene rings is 1. The van der Waals surface area contributed by atoms with Crippen LogP contribution in [-0.2, 0) is 11.2 Å². The second kappa shape index (κ2) is 9.00. The van der Waals surface area contributed by atoms with E-state index >= 15 is 0 Å². The number of carbonyl (C=O) groups excluding carboxylic acids is 1. The van der Waals surface area contributed by atoms with Crippen molar-refractivity contribution in [2.24, 2.45) is 17.8 Å². The van der Waals surface area contributed by atoms with Gasteiger partial charge in [-0.05, 0) is 56.3 Å². The summed E-state index contributed by atoms with van der Waals surface area (Å²) in [6, 6.07) is 10.4. The van der Waals surface area contributed by atoms with E-state index in [9.17, 15) is 4.79 Å². The van der Waals surface area contributed by atoms with Crippen LogP contribution in [0.3, 0.4) is 0 Å². The summed E-state index contributed by atoms with van der Waals surface area (Å²) in [5.74, 6) is 2.45. The Labute approximate surface area is 205 Å². The predicted molar refractivity (Wildman–Crippen MR) is 135 cm³/mol. The van der Waals surface area contributed by atoms with E-state index in [1.807, 2.05) is 23.1 Å². The molecule has 7 rings (SSSR count). The number of aromatic nitrogens is 2. The van der Waals surface area contributed by atoms with Crippen molar-refractivity contribution in [2.45, 2.75) is 50.5 Å². The Hall–Kier alpha value is -2.38. The van der Waals surface area contributed by atoms with Gasteiger partial charge >= 0.3 is 6.03 Å². The Balaban J connectivity index is 1.15. The number of rotatable bonds is 8. The molecule has 4 aliphatic rings. The fraction of sp³-hybridized carbons (Fsp3) is 0.556. The number of imidazole rings is 1. The Kier molecular flexibility index (Phi) is 5.86. The van der Waals surface area contributed by atoms with Gasteiger partial charge in [0.2, 0.25) is 0 Å². The van der Waals surface area contributed by atoms with Gasteiger partial charge in [0.25, 0.3) is 0 Å². The lowest BCUT2D eigenvalue weighted by Crippen LogP contribution is -2.62. The number of urea groups is 1. The molecular formula is C27H34N4O2S. The molecule has 2 amide bonds. The van der Waals surface area contributed by atoms with Crippen molar-refractivity contribution >= 4 is 22.3 Å². The standard InChI is InChI=1S/C27H34N4O2S/c1-33-10-9-30(25(32)29-27-14-19-11-20(15-27)13-21(12-19)16-27)8-7-23-18-34-26-28-24(17-31(23)26)22-5-3-2-4-6-22/h2-6,17-21H,7-16H2,1H3,(H,29,32). The Bertz CT molecular complexity index is 1120. The molecule has 2 aromatic heterocycles. The summed E-state index contributed by atoms with van der Waals surface area (Å²) in [5.41, 5.74) is 3.34. The van der Waals surface area contributed by atoms with Gasteiger partial charge in [-0.1, -0.05) is 30.3 Å². The zero-order valence-corrected chi connectivity index (χ0v) is 20.7. The molecule has 4 aliphatic carbocycles. The largest absolute Gasteiger partial charge is 0.383 e. The number of carbonyl (C=O) groups is 1. The SMILES string of the molecule is COCCN(CCc1csc2nc(-c3ccccc3)cn12)C(=O)NC12CC3CC(CC(C3)C1)C2. The summed E-state index contributed by atoms with van der Waals surface area (Å²) < 4.78 is 7.52. The van der Waals surface area contributed by atoms with Crippen molar-refractivity contribution in [3.63, 3.8) is 0 Å². The fourth-order valence-electron chi connectivity index (χ4n) is 7.09. The number of thiazole rings is 1. The molecule has 1 N–H and O–H groups in total. The van der Waals surface area contributed by atoms with Crippen molar-refractivity contribution in [3.8, 4) is 11.3 Å². The van der Waals surface area contributed by atoms with Crippen LogP contribution in [0.5, 0.6) is 0 Å². The molecule has 0 radical (unpaired) electrons. The van der Waals surface area contributed by atoms with Gasteiger partial charge in [-0.2, -0.15) is 0 Å². The van der Waals surface area contributed by atoms with Crippen molar-refractivity contribution in [2.75, 3.05) is 26.8 Å². The molecule has 34 heavy (non-hydrogen) atoms. The van der Waals surface area contributed by atoms with E-state index in [1.165, 1.54) is 44.2 Å². The number of nitrogens with zero attached hydrogens (tertiary/aromatic N) is 3. The summed E-state index contributed by atoms with van der Waals surface area (Å²) in [6.45, 7) is 1.84. The predicted octanol–water partition coefficient (Wildman–Crippen LogP) is 5.23. The molecule has 180 valence electrons. The molecule has 3 aromatic rings. The average molecular weight is 479 g/mol. The van der Waals surface area contributed by atoms with E-state index in [-0.39, 0.29) is 11.6 Å². The average Bonchev–Trinajstić information content (AvgIpc) is 3.40. The Morgan fingerprint density at radius 2 is 1.85 bits per heavy atom. The van der Waals surface area contributed by atoms with Gasteiger partial charge in [0, 0.05) is 55.0 Å². The molecular weight excluding hydrogens is 444 g/mol. The zero-order valence-electron chi connectivity index (χ0n) is 19.9. The van der Waals surface area contributed by atoms with Crippen LogP contribution in [0.15, 0.2) is 41.9 Å². The topological polar surface area (TPSA) is 58.9 Å². The third-order valence-electron chi connectivity index (χ3n) is 8.25. The van der Waals surface area contributed by atoms with Crippen LogP contribution in [-0.4, -0.2) is 52.7 Å². The highest BCUT2D eigenvalue weighted by molar-refractivity contribution is 7.15. The molecule has 7 heteroatoms. The summed E-state index contributed by atoms with van der Waals surface area (Å²) in [5, 5.41) is 5.71. The molecule has 1 aromatic carbocycles. The minimum atomic E-state index is 0.0295.